The molecule has 0 aliphatic carbocycles. The normalized spacial score (nSPS) is 11.3. The summed E-state index contributed by atoms with van der Waals surface area (Å²) in [5, 5.41) is 7.19. The Bertz CT molecular complexity index is 597. The van der Waals surface area contributed by atoms with Crippen LogP contribution in [0.1, 0.15) is 16.1 Å². The van der Waals surface area contributed by atoms with Crippen LogP contribution in [-0.4, -0.2) is 15.5 Å². The van der Waals surface area contributed by atoms with Gasteiger partial charge in [-0.25, -0.2) is 0 Å². The van der Waals surface area contributed by atoms with Gasteiger partial charge < -0.3 is 11.1 Å². The smallest absolute Gasteiger partial charge is 0.398 e. The van der Waals surface area contributed by atoms with E-state index in [0.717, 1.165) is 23.7 Å². The van der Waals surface area contributed by atoms with Gasteiger partial charge in [0, 0.05) is 16.8 Å². The van der Waals surface area contributed by atoms with Crippen molar-refractivity contribution in [2.45, 2.75) is 6.18 Å². The molecule has 1 aromatic heterocycles. The second kappa shape index (κ2) is 4.84. The van der Waals surface area contributed by atoms with Crippen LogP contribution in [0.4, 0.5) is 24.5 Å². The highest BCUT2D eigenvalue weighted by Crippen LogP contribution is 2.35. The van der Waals surface area contributed by atoms with Crippen molar-refractivity contribution in [1.29, 1.82) is 0 Å². The molecule has 0 aliphatic rings. The highest BCUT2D eigenvalue weighted by molar-refractivity contribution is 7.03. The minimum absolute atomic E-state index is 0.0143. The summed E-state index contributed by atoms with van der Waals surface area (Å²) in [6.07, 6.45) is -4.58. The monoisotopic (exact) mass is 288 g/mol. The summed E-state index contributed by atoms with van der Waals surface area (Å²) in [6, 6.07) is 3.13. The third-order valence-corrected chi connectivity index (χ3v) is 2.71. The Balaban J connectivity index is 2.25. The number of amides is 1. The van der Waals surface area contributed by atoms with Gasteiger partial charge >= 0.3 is 6.18 Å². The van der Waals surface area contributed by atoms with E-state index in [1.807, 2.05) is 0 Å². The second-order valence-electron chi connectivity index (χ2n) is 3.54. The van der Waals surface area contributed by atoms with Crippen molar-refractivity contribution in [3.05, 3.63) is 34.8 Å². The minimum Gasteiger partial charge on any atom is -0.398 e. The van der Waals surface area contributed by atoms with Gasteiger partial charge in [0.25, 0.3) is 5.91 Å². The molecule has 2 aromatic rings. The fourth-order valence-corrected chi connectivity index (χ4v) is 1.77. The molecule has 0 fully saturated rings. The molecule has 2 rings (SSSR count). The van der Waals surface area contributed by atoms with Crippen LogP contribution < -0.4 is 11.1 Å². The fourth-order valence-electron chi connectivity index (χ4n) is 1.34. The molecular weight excluding hydrogens is 281 g/mol. The summed E-state index contributed by atoms with van der Waals surface area (Å²) >= 11 is 0.966. The minimum atomic E-state index is -4.58. The first-order valence-electron chi connectivity index (χ1n) is 4.93. The lowest BCUT2D eigenvalue weighted by atomic mass is 10.1. The van der Waals surface area contributed by atoms with Crippen LogP contribution in [-0.2, 0) is 6.18 Å². The van der Waals surface area contributed by atoms with Crippen LogP contribution in [0.25, 0.3) is 0 Å². The number of benzene rings is 1. The average Bonchev–Trinajstić information content (AvgIpc) is 2.83. The Morgan fingerprint density at radius 2 is 2.11 bits per heavy atom. The maximum absolute atomic E-state index is 12.6. The van der Waals surface area contributed by atoms with Crippen molar-refractivity contribution < 1.29 is 18.0 Å². The zero-order valence-electron chi connectivity index (χ0n) is 9.23. The largest absolute Gasteiger partial charge is 0.418 e. The summed E-state index contributed by atoms with van der Waals surface area (Å²) in [6.45, 7) is 0. The summed E-state index contributed by atoms with van der Waals surface area (Å²) in [7, 11) is 0. The topological polar surface area (TPSA) is 80.9 Å². The number of nitrogens with two attached hydrogens (primary N) is 1. The van der Waals surface area contributed by atoms with E-state index in [4.69, 9.17) is 5.73 Å². The van der Waals surface area contributed by atoms with Gasteiger partial charge in [0.2, 0.25) is 0 Å². The summed E-state index contributed by atoms with van der Waals surface area (Å²) in [4.78, 5) is 11.6. The zero-order chi connectivity index (χ0) is 14.0. The first kappa shape index (κ1) is 13.3. The molecule has 5 nitrogen and oxygen atoms in total. The molecule has 0 saturated carbocycles. The van der Waals surface area contributed by atoms with Crippen molar-refractivity contribution in [1.82, 2.24) is 9.59 Å². The van der Waals surface area contributed by atoms with Gasteiger partial charge in [0.1, 0.15) is 0 Å². The van der Waals surface area contributed by atoms with E-state index in [1.165, 1.54) is 11.4 Å². The van der Waals surface area contributed by atoms with Crippen LogP contribution in [0.2, 0.25) is 0 Å². The number of carbonyl (C=O) groups excluding carboxylic acids is 1. The van der Waals surface area contributed by atoms with Gasteiger partial charge in [-0.2, -0.15) is 13.2 Å². The highest BCUT2D eigenvalue weighted by atomic mass is 32.1. The second-order valence-corrected chi connectivity index (χ2v) is 4.15. The fraction of sp³-hybridized carbons (Fsp3) is 0.100. The van der Waals surface area contributed by atoms with Gasteiger partial charge in [-0.05, 0) is 29.7 Å². The number of rotatable bonds is 2. The maximum Gasteiger partial charge on any atom is 0.418 e. The lowest BCUT2D eigenvalue weighted by molar-refractivity contribution is -0.136. The molecule has 19 heavy (non-hydrogen) atoms. The van der Waals surface area contributed by atoms with E-state index in [1.54, 1.807) is 0 Å². The predicted molar refractivity (Wildman–Crippen MR) is 63.7 cm³/mol. The van der Waals surface area contributed by atoms with E-state index < -0.39 is 23.3 Å². The average molecular weight is 288 g/mol. The Morgan fingerprint density at radius 1 is 1.37 bits per heavy atom. The lowest BCUT2D eigenvalue weighted by Crippen LogP contribution is -2.14. The van der Waals surface area contributed by atoms with Gasteiger partial charge in [0.15, 0.2) is 5.69 Å². The molecule has 0 aliphatic heterocycles. The van der Waals surface area contributed by atoms with Crippen LogP contribution in [0.15, 0.2) is 23.6 Å². The SMILES string of the molecule is Nc1ccc(NC(=O)c2csnn2)cc1C(F)(F)F. The van der Waals surface area contributed by atoms with Crippen LogP contribution in [0.5, 0.6) is 0 Å². The summed E-state index contributed by atoms with van der Waals surface area (Å²) < 4.78 is 41.4. The van der Waals surface area contributed by atoms with E-state index >= 15 is 0 Å². The van der Waals surface area contributed by atoms with Crippen molar-refractivity contribution >= 4 is 28.8 Å². The van der Waals surface area contributed by atoms with Crippen molar-refractivity contribution in [2.75, 3.05) is 11.1 Å². The van der Waals surface area contributed by atoms with E-state index in [0.29, 0.717) is 0 Å². The molecule has 9 heteroatoms. The van der Waals surface area contributed by atoms with Crippen LogP contribution >= 0.6 is 11.5 Å². The number of halogens is 3. The highest BCUT2D eigenvalue weighted by Gasteiger charge is 2.33. The number of carbonyl (C=O) groups is 1. The molecule has 1 heterocycles. The molecule has 100 valence electrons. The van der Waals surface area contributed by atoms with Gasteiger partial charge in [-0.15, -0.1) is 5.10 Å². The number of hydrogen-bond acceptors (Lipinski definition) is 5. The van der Waals surface area contributed by atoms with E-state index in [2.05, 4.69) is 14.9 Å². The quantitative estimate of drug-likeness (QED) is 0.831. The van der Waals surface area contributed by atoms with Crippen molar-refractivity contribution in [3.63, 3.8) is 0 Å². The van der Waals surface area contributed by atoms with E-state index in [-0.39, 0.29) is 11.4 Å². The first-order valence-corrected chi connectivity index (χ1v) is 5.76. The van der Waals surface area contributed by atoms with Crippen LogP contribution in [0.3, 0.4) is 0 Å². The molecule has 1 aromatic carbocycles. The Labute approximate surface area is 109 Å². The van der Waals surface area contributed by atoms with E-state index in [9.17, 15) is 18.0 Å². The number of nitrogens with one attached hydrogen (secondary N) is 1. The Kier molecular flexibility index (Phi) is 3.38. The summed E-state index contributed by atoms with van der Waals surface area (Å²) in [5.41, 5.74) is 3.87. The molecule has 0 saturated heterocycles. The van der Waals surface area contributed by atoms with Gasteiger partial charge in [0.05, 0.1) is 5.56 Å². The lowest BCUT2D eigenvalue weighted by Gasteiger charge is -2.12. The third kappa shape index (κ3) is 2.99. The number of alkyl halides is 3. The Morgan fingerprint density at radius 3 is 2.68 bits per heavy atom. The molecule has 0 bridgehead atoms. The van der Waals surface area contributed by atoms with Crippen molar-refractivity contribution in [2.24, 2.45) is 0 Å². The molecule has 3 N–H and O–H groups in total. The summed E-state index contributed by atoms with van der Waals surface area (Å²) in [5.74, 6) is -0.633. The number of hydrogen-bond donors (Lipinski definition) is 2. The number of aromatic nitrogens is 2. The molecule has 0 atom stereocenters. The maximum atomic E-state index is 12.6. The number of nitrogens with zero attached hydrogens (tertiary/aromatic N) is 2. The molecule has 0 unspecified atom stereocenters. The Hall–Kier alpha value is -2.16. The number of anilines is 2. The molecule has 0 spiro atoms. The zero-order valence-corrected chi connectivity index (χ0v) is 10.0. The van der Waals surface area contributed by atoms with Crippen LogP contribution in [0, 0.1) is 0 Å². The number of nitrogen functional groups attached to an aromatic ring is 1. The van der Waals surface area contributed by atoms with Gasteiger partial charge in [-0.1, -0.05) is 4.49 Å². The molecule has 0 radical (unpaired) electrons. The first-order chi connectivity index (χ1) is 8.88. The van der Waals surface area contributed by atoms with Crippen molar-refractivity contribution in [3.8, 4) is 0 Å². The molecular formula is C10H7F3N4OS. The third-order valence-electron chi connectivity index (χ3n) is 2.21. The van der Waals surface area contributed by atoms with Gasteiger partial charge in [-0.3, -0.25) is 4.79 Å². The molecule has 1 amide bonds. The standard InChI is InChI=1S/C10H7F3N4OS/c11-10(12,13)6-3-5(1-2-7(6)14)15-9(18)8-4-19-17-16-8/h1-4H,14H2,(H,15,18). The predicted octanol–water partition coefficient (Wildman–Crippen LogP) is 2.39.